The van der Waals surface area contributed by atoms with Gasteiger partial charge in [-0.3, -0.25) is 24.6 Å². The molecule has 2 aliphatic heterocycles. The van der Waals surface area contributed by atoms with E-state index >= 15 is 0 Å². The number of tetrazole rings is 1. The second kappa shape index (κ2) is 15.0. The number of alkyl halides is 3. The molecule has 0 bridgehead atoms. The molecule has 0 aromatic carbocycles. The van der Waals surface area contributed by atoms with Crippen molar-refractivity contribution in [3.05, 3.63) is 22.3 Å². The monoisotopic (exact) mass is 736 g/mol. The van der Waals surface area contributed by atoms with Crippen molar-refractivity contribution in [3.8, 4) is 0 Å². The lowest BCUT2D eigenvalue weighted by atomic mass is 10.0. The Morgan fingerprint density at radius 3 is 2.58 bits per heavy atom. The van der Waals surface area contributed by atoms with E-state index in [1.165, 1.54) is 0 Å². The van der Waals surface area contributed by atoms with Crippen LogP contribution in [-0.4, -0.2) is 124 Å². The maximum Gasteiger partial charge on any atom is 0.471 e. The largest absolute Gasteiger partial charge is 0.477 e. The number of nitrogens with zero attached hydrogens (tertiary/aromatic N) is 8. The van der Waals surface area contributed by atoms with Crippen LogP contribution in [0.15, 0.2) is 32.1 Å². The molecule has 0 aliphatic carbocycles. The molecule has 2 aliphatic rings. The summed E-state index contributed by atoms with van der Waals surface area (Å²) in [5.74, 6) is -6.74. The maximum absolute atomic E-state index is 13.3. The third-order valence-corrected chi connectivity index (χ3v) is 9.09. The number of halogens is 3. The second-order valence-electron chi connectivity index (χ2n) is 9.64. The predicted molar refractivity (Wildman–Crippen MR) is 160 cm³/mol. The first-order valence-corrected chi connectivity index (χ1v) is 16.0. The van der Waals surface area contributed by atoms with Crippen LogP contribution < -0.4 is 10.6 Å². The van der Waals surface area contributed by atoms with Crippen LogP contribution in [0.4, 0.5) is 18.3 Å². The standard InChI is InChI=1S/C23H23F3N10O9S3/c1-8(2)45-32-12(11-7-47-21(27-11)29-20(43)23(24,25)26)15(37)28-13-16(38)36-14(19(41)42)9(5-46-17(13)36)6-48-22-30-33-34-35(22)4-10(18(39)40)31-44-3/h7-8,13,17H,4-6H2,1-3H3,(H,28,37)(H,39,40)(H,41,42)(H,27,29,43)/t13?,17-/m0/s1. The quantitative estimate of drug-likeness (QED) is 0.0885. The smallest absolute Gasteiger partial charge is 0.471 e. The van der Waals surface area contributed by atoms with Crippen molar-refractivity contribution < 1.29 is 57.0 Å². The molecule has 19 nitrogen and oxygen atoms in total. The van der Waals surface area contributed by atoms with Crippen LogP contribution in [0.2, 0.25) is 0 Å². The molecule has 4 rings (SSSR count). The number of rotatable bonds is 14. The van der Waals surface area contributed by atoms with Crippen molar-refractivity contribution >= 4 is 81.1 Å². The van der Waals surface area contributed by atoms with Gasteiger partial charge in [0.05, 0.1) is 6.54 Å². The number of anilines is 1. The molecule has 3 amide bonds. The van der Waals surface area contributed by atoms with Gasteiger partial charge in [-0.1, -0.05) is 22.1 Å². The number of nitrogens with one attached hydrogen (secondary N) is 2. The molecule has 25 heteroatoms. The number of β-lactam (4-membered cyclic amide) rings is 1. The fourth-order valence-corrected chi connectivity index (χ4v) is 6.96. The molecule has 0 saturated carbocycles. The van der Waals surface area contributed by atoms with Gasteiger partial charge in [-0.05, 0) is 29.8 Å². The van der Waals surface area contributed by atoms with E-state index in [0.29, 0.717) is 16.9 Å². The summed E-state index contributed by atoms with van der Waals surface area (Å²) in [6.45, 7) is 2.81. The summed E-state index contributed by atoms with van der Waals surface area (Å²) in [7, 11) is 1.16. The van der Waals surface area contributed by atoms with Crippen molar-refractivity contribution in [3.63, 3.8) is 0 Å². The number of fused-ring (bicyclic) bond motifs is 1. The predicted octanol–water partition coefficient (Wildman–Crippen LogP) is 0.377. The van der Waals surface area contributed by atoms with E-state index in [1.807, 2.05) is 0 Å². The highest BCUT2D eigenvalue weighted by molar-refractivity contribution is 8.01. The number of carbonyl (C=O) groups excluding carboxylic acids is 3. The van der Waals surface area contributed by atoms with Gasteiger partial charge in [-0.2, -0.15) is 13.2 Å². The molecular formula is C23H23F3N10O9S3. The van der Waals surface area contributed by atoms with Crippen molar-refractivity contribution in [2.24, 2.45) is 10.3 Å². The molecule has 0 spiro atoms. The summed E-state index contributed by atoms with van der Waals surface area (Å²) in [5.41, 5.74) is -1.18. The Morgan fingerprint density at radius 2 is 1.96 bits per heavy atom. The zero-order valence-corrected chi connectivity index (χ0v) is 27.1. The number of thiazole rings is 1. The number of aliphatic carboxylic acids is 2. The second-order valence-corrected chi connectivity index (χ2v) is 12.5. The Morgan fingerprint density at radius 1 is 1.23 bits per heavy atom. The van der Waals surface area contributed by atoms with Crippen LogP contribution in [0.5, 0.6) is 0 Å². The number of carboxylic acid groups (broad SMARTS) is 2. The Bertz CT molecular complexity index is 1710. The summed E-state index contributed by atoms with van der Waals surface area (Å²) in [4.78, 5) is 75.9. The van der Waals surface area contributed by atoms with Crippen LogP contribution in [0.3, 0.4) is 0 Å². The van der Waals surface area contributed by atoms with Crippen molar-refractivity contribution in [1.29, 1.82) is 0 Å². The number of carbonyl (C=O) groups is 5. The number of oxime groups is 2. The summed E-state index contributed by atoms with van der Waals surface area (Å²) in [5, 5.41) is 41.4. The van der Waals surface area contributed by atoms with Crippen LogP contribution in [0, 0.1) is 0 Å². The molecule has 1 unspecified atom stereocenters. The first-order chi connectivity index (χ1) is 22.6. The van der Waals surface area contributed by atoms with E-state index in [4.69, 9.17) is 4.84 Å². The highest BCUT2D eigenvalue weighted by atomic mass is 32.2. The van der Waals surface area contributed by atoms with Crippen molar-refractivity contribution in [1.82, 2.24) is 35.4 Å². The first kappa shape index (κ1) is 36.1. The topological polar surface area (TPSA) is 253 Å². The molecule has 0 radical (unpaired) electrons. The van der Waals surface area contributed by atoms with Crippen LogP contribution >= 0.6 is 34.9 Å². The lowest BCUT2D eigenvalue weighted by Gasteiger charge is -2.49. The average molecular weight is 737 g/mol. The fraction of sp³-hybridized carbons (Fsp3) is 0.435. The van der Waals surface area contributed by atoms with Gasteiger partial charge in [0.25, 0.3) is 11.8 Å². The van der Waals surface area contributed by atoms with E-state index in [0.717, 1.165) is 45.6 Å². The molecule has 2 atom stereocenters. The normalized spacial score (nSPS) is 18.3. The SMILES string of the molecule is CON=C(Cn1nnnc1SCC1=C(C(=O)O)N2C(=O)C(NC(=O)C(=NOC(C)C)c3csc(NC(=O)C(F)(F)F)n3)[C@@H]2SC1)C(=O)O. The van der Waals surface area contributed by atoms with E-state index in [-0.39, 0.29) is 34.6 Å². The Kier molecular flexibility index (Phi) is 11.2. The zero-order chi connectivity index (χ0) is 35.3. The van der Waals surface area contributed by atoms with Gasteiger partial charge in [0.2, 0.25) is 5.16 Å². The van der Waals surface area contributed by atoms with Crippen LogP contribution in [-0.2, 0) is 40.2 Å². The maximum atomic E-state index is 13.3. The molecule has 1 fully saturated rings. The molecule has 48 heavy (non-hydrogen) atoms. The van der Waals surface area contributed by atoms with Crippen LogP contribution in [0.25, 0.3) is 0 Å². The Balaban J connectivity index is 1.48. The third-order valence-electron chi connectivity index (χ3n) is 5.95. The summed E-state index contributed by atoms with van der Waals surface area (Å²) in [6, 6.07) is -1.22. The molecule has 2 aromatic rings. The summed E-state index contributed by atoms with van der Waals surface area (Å²) < 4.78 is 39.1. The summed E-state index contributed by atoms with van der Waals surface area (Å²) >= 11 is 2.71. The number of amides is 3. The summed E-state index contributed by atoms with van der Waals surface area (Å²) in [6.07, 6.45) is -5.72. The molecule has 258 valence electrons. The fourth-order valence-electron chi connectivity index (χ4n) is 3.91. The van der Waals surface area contributed by atoms with Gasteiger partial charge in [-0.15, -0.1) is 28.2 Å². The molecule has 4 N–H and O–H groups in total. The van der Waals surface area contributed by atoms with E-state index in [9.17, 15) is 47.4 Å². The highest BCUT2D eigenvalue weighted by Gasteiger charge is 2.54. The van der Waals surface area contributed by atoms with Crippen molar-refractivity contribution in [2.45, 2.75) is 49.2 Å². The van der Waals surface area contributed by atoms with E-state index in [2.05, 4.69) is 41.0 Å². The number of thioether (sulfide) groups is 2. The van der Waals surface area contributed by atoms with E-state index in [1.54, 1.807) is 19.2 Å². The Hall–Kier alpha value is -4.78. The molecule has 1 saturated heterocycles. The Labute approximate surface area is 278 Å². The van der Waals surface area contributed by atoms with Crippen LogP contribution in [0.1, 0.15) is 19.5 Å². The number of aromatic nitrogens is 5. The average Bonchev–Trinajstić information content (AvgIpc) is 3.66. The number of hydrogen-bond acceptors (Lipinski definition) is 16. The third kappa shape index (κ3) is 8.19. The van der Waals surface area contributed by atoms with Gasteiger partial charge in [-0.25, -0.2) is 19.3 Å². The van der Waals surface area contributed by atoms with Gasteiger partial charge in [0.1, 0.15) is 36.0 Å². The molecule has 4 heterocycles. The zero-order valence-electron chi connectivity index (χ0n) is 24.6. The van der Waals surface area contributed by atoms with Gasteiger partial charge < -0.3 is 25.2 Å². The van der Waals surface area contributed by atoms with Gasteiger partial charge in [0.15, 0.2) is 16.6 Å². The minimum absolute atomic E-state index is 0.00720. The minimum atomic E-state index is -5.18. The molecule has 2 aromatic heterocycles. The van der Waals surface area contributed by atoms with E-state index < -0.39 is 69.9 Å². The number of carboxylic acids is 2. The molecular weight excluding hydrogens is 714 g/mol. The minimum Gasteiger partial charge on any atom is -0.477 e. The highest BCUT2D eigenvalue weighted by Crippen LogP contribution is 2.41. The van der Waals surface area contributed by atoms with Gasteiger partial charge in [0, 0.05) is 16.9 Å². The van der Waals surface area contributed by atoms with Crippen molar-refractivity contribution in [2.75, 3.05) is 23.9 Å². The lowest BCUT2D eigenvalue weighted by molar-refractivity contribution is -0.167. The first-order valence-electron chi connectivity index (χ1n) is 13.1. The number of hydrogen-bond donors (Lipinski definition) is 4. The lowest BCUT2D eigenvalue weighted by Crippen LogP contribution is -2.71. The van der Waals surface area contributed by atoms with Gasteiger partial charge >= 0.3 is 24.0 Å².